The van der Waals surface area contributed by atoms with Gasteiger partial charge in [0.05, 0.1) is 0 Å². The first-order chi connectivity index (χ1) is 15.1. The van der Waals surface area contributed by atoms with Crippen molar-refractivity contribution in [3.05, 3.63) is 90.3 Å². The summed E-state index contributed by atoms with van der Waals surface area (Å²) < 4.78 is 5.34. The molecule has 3 aromatic carbocycles. The molecule has 4 aromatic rings. The Morgan fingerprint density at radius 2 is 1.52 bits per heavy atom. The van der Waals surface area contributed by atoms with Crippen molar-refractivity contribution in [2.75, 3.05) is 5.32 Å². The van der Waals surface area contributed by atoms with Crippen LogP contribution >= 0.6 is 0 Å². The second-order valence-corrected chi connectivity index (χ2v) is 7.78. The third-order valence-corrected chi connectivity index (χ3v) is 5.15. The molecule has 0 atom stereocenters. The Kier molecular flexibility index (Phi) is 6.22. The smallest absolute Gasteiger partial charge is 0.227 e. The van der Waals surface area contributed by atoms with Gasteiger partial charge in [-0.05, 0) is 34.7 Å². The standard InChI is InChI=1S/C26H25N3O2/c1-18(2)19-12-14-23(15-13-19)27-24(30)16-17-25-28-26(29-31-25)22-10-8-21(9-11-22)20-6-4-3-5-7-20/h3-15,18H,16-17H2,1-2H3,(H,27,30). The quantitative estimate of drug-likeness (QED) is 0.399. The summed E-state index contributed by atoms with van der Waals surface area (Å²) in [6.45, 7) is 4.29. The van der Waals surface area contributed by atoms with Crippen LogP contribution in [0.5, 0.6) is 0 Å². The van der Waals surface area contributed by atoms with Gasteiger partial charge in [-0.15, -0.1) is 0 Å². The van der Waals surface area contributed by atoms with Crippen molar-refractivity contribution in [2.45, 2.75) is 32.6 Å². The van der Waals surface area contributed by atoms with E-state index in [1.54, 1.807) is 0 Å². The fourth-order valence-electron chi connectivity index (χ4n) is 3.31. The summed E-state index contributed by atoms with van der Waals surface area (Å²) in [6, 6.07) is 26.1. The molecule has 0 bridgehead atoms. The number of nitrogens with zero attached hydrogens (tertiary/aromatic N) is 2. The number of aryl methyl sites for hydroxylation is 1. The van der Waals surface area contributed by atoms with Crippen LogP contribution < -0.4 is 5.32 Å². The van der Waals surface area contributed by atoms with Gasteiger partial charge in [0, 0.05) is 24.1 Å². The van der Waals surface area contributed by atoms with E-state index in [0.717, 1.165) is 22.4 Å². The molecule has 5 heteroatoms. The second kappa shape index (κ2) is 9.39. The van der Waals surface area contributed by atoms with Gasteiger partial charge < -0.3 is 9.84 Å². The van der Waals surface area contributed by atoms with E-state index in [-0.39, 0.29) is 12.3 Å². The Morgan fingerprint density at radius 1 is 0.871 bits per heavy atom. The zero-order valence-electron chi connectivity index (χ0n) is 17.7. The number of hydrogen-bond donors (Lipinski definition) is 1. The highest BCUT2D eigenvalue weighted by atomic mass is 16.5. The molecule has 1 aromatic heterocycles. The lowest BCUT2D eigenvalue weighted by atomic mass is 10.0. The van der Waals surface area contributed by atoms with Gasteiger partial charge in [0.1, 0.15) is 0 Å². The van der Waals surface area contributed by atoms with E-state index in [1.807, 2.05) is 66.7 Å². The highest BCUT2D eigenvalue weighted by Gasteiger charge is 2.11. The van der Waals surface area contributed by atoms with E-state index in [1.165, 1.54) is 5.56 Å². The Hall–Kier alpha value is -3.73. The largest absolute Gasteiger partial charge is 0.339 e. The maximum absolute atomic E-state index is 12.3. The number of rotatable bonds is 7. The molecule has 0 unspecified atom stereocenters. The van der Waals surface area contributed by atoms with E-state index in [9.17, 15) is 4.79 Å². The topological polar surface area (TPSA) is 68.0 Å². The molecule has 0 aliphatic carbocycles. The number of anilines is 1. The fraction of sp³-hybridized carbons (Fsp3) is 0.192. The van der Waals surface area contributed by atoms with Crippen LogP contribution in [0.25, 0.3) is 22.5 Å². The van der Waals surface area contributed by atoms with Crippen LogP contribution in [0, 0.1) is 0 Å². The van der Waals surface area contributed by atoms with Gasteiger partial charge in [0.15, 0.2) is 0 Å². The van der Waals surface area contributed by atoms with E-state index in [0.29, 0.717) is 24.1 Å². The van der Waals surface area contributed by atoms with Crippen molar-refractivity contribution in [2.24, 2.45) is 0 Å². The van der Waals surface area contributed by atoms with Crippen molar-refractivity contribution in [3.63, 3.8) is 0 Å². The molecule has 0 radical (unpaired) electrons. The van der Waals surface area contributed by atoms with Crippen LogP contribution in [0.3, 0.4) is 0 Å². The Bertz CT molecular complexity index is 1130. The lowest BCUT2D eigenvalue weighted by Gasteiger charge is -2.08. The van der Waals surface area contributed by atoms with Crippen molar-refractivity contribution in [1.29, 1.82) is 0 Å². The number of nitrogens with one attached hydrogen (secondary N) is 1. The van der Waals surface area contributed by atoms with Gasteiger partial charge in [-0.1, -0.05) is 85.7 Å². The van der Waals surface area contributed by atoms with E-state index < -0.39 is 0 Å². The van der Waals surface area contributed by atoms with Crippen molar-refractivity contribution < 1.29 is 9.32 Å². The monoisotopic (exact) mass is 411 g/mol. The van der Waals surface area contributed by atoms with Crippen LogP contribution in [0.15, 0.2) is 83.4 Å². The zero-order chi connectivity index (χ0) is 21.6. The number of aromatic nitrogens is 2. The predicted octanol–water partition coefficient (Wildman–Crippen LogP) is 6.10. The average Bonchev–Trinajstić information content (AvgIpc) is 3.28. The molecule has 0 saturated carbocycles. The average molecular weight is 412 g/mol. The molecule has 1 N–H and O–H groups in total. The Morgan fingerprint density at radius 3 is 2.19 bits per heavy atom. The van der Waals surface area contributed by atoms with Crippen molar-refractivity contribution >= 4 is 11.6 Å². The van der Waals surface area contributed by atoms with Gasteiger partial charge in [0.25, 0.3) is 0 Å². The number of amides is 1. The molecule has 31 heavy (non-hydrogen) atoms. The summed E-state index contributed by atoms with van der Waals surface area (Å²) in [4.78, 5) is 16.7. The van der Waals surface area contributed by atoms with Gasteiger partial charge >= 0.3 is 0 Å². The van der Waals surface area contributed by atoms with Crippen molar-refractivity contribution in [3.8, 4) is 22.5 Å². The van der Waals surface area contributed by atoms with Crippen LogP contribution in [0.2, 0.25) is 0 Å². The maximum atomic E-state index is 12.3. The molecule has 0 fully saturated rings. The van der Waals surface area contributed by atoms with Crippen LogP contribution in [-0.2, 0) is 11.2 Å². The summed E-state index contributed by atoms with van der Waals surface area (Å²) >= 11 is 0. The highest BCUT2D eigenvalue weighted by molar-refractivity contribution is 5.90. The molecular formula is C26H25N3O2. The molecule has 156 valence electrons. The van der Waals surface area contributed by atoms with E-state index in [4.69, 9.17) is 4.52 Å². The molecule has 1 amide bonds. The zero-order valence-corrected chi connectivity index (χ0v) is 17.7. The molecule has 0 spiro atoms. The van der Waals surface area contributed by atoms with Gasteiger partial charge in [-0.3, -0.25) is 4.79 Å². The fourth-order valence-corrected chi connectivity index (χ4v) is 3.31. The molecule has 0 saturated heterocycles. The lowest BCUT2D eigenvalue weighted by molar-refractivity contribution is -0.116. The molecule has 0 aliphatic rings. The number of benzene rings is 3. The first-order valence-corrected chi connectivity index (χ1v) is 10.5. The number of hydrogen-bond acceptors (Lipinski definition) is 4. The Balaban J connectivity index is 1.33. The van der Waals surface area contributed by atoms with E-state index in [2.05, 4.69) is 41.4 Å². The molecular weight excluding hydrogens is 386 g/mol. The number of carbonyl (C=O) groups excluding carboxylic acids is 1. The van der Waals surface area contributed by atoms with Gasteiger partial charge in [-0.2, -0.15) is 4.98 Å². The minimum absolute atomic E-state index is 0.0794. The Labute approximate surface area is 182 Å². The van der Waals surface area contributed by atoms with Gasteiger partial charge in [0.2, 0.25) is 17.6 Å². The summed E-state index contributed by atoms with van der Waals surface area (Å²) in [5.74, 6) is 1.36. The SMILES string of the molecule is CC(C)c1ccc(NC(=O)CCc2nc(-c3ccc(-c4ccccc4)cc3)no2)cc1. The summed E-state index contributed by atoms with van der Waals surface area (Å²) in [6.07, 6.45) is 0.672. The second-order valence-electron chi connectivity index (χ2n) is 7.78. The normalized spacial score (nSPS) is 10.9. The highest BCUT2D eigenvalue weighted by Crippen LogP contribution is 2.23. The van der Waals surface area contributed by atoms with Crippen molar-refractivity contribution in [1.82, 2.24) is 10.1 Å². The van der Waals surface area contributed by atoms with Crippen LogP contribution in [-0.4, -0.2) is 16.0 Å². The maximum Gasteiger partial charge on any atom is 0.227 e. The van der Waals surface area contributed by atoms with Gasteiger partial charge in [-0.25, -0.2) is 0 Å². The van der Waals surface area contributed by atoms with Crippen LogP contribution in [0.1, 0.15) is 37.6 Å². The van der Waals surface area contributed by atoms with E-state index >= 15 is 0 Å². The minimum atomic E-state index is -0.0794. The van der Waals surface area contributed by atoms with Crippen LogP contribution in [0.4, 0.5) is 5.69 Å². The third-order valence-electron chi connectivity index (χ3n) is 5.15. The molecule has 1 heterocycles. The first-order valence-electron chi connectivity index (χ1n) is 10.5. The minimum Gasteiger partial charge on any atom is -0.339 e. The summed E-state index contributed by atoms with van der Waals surface area (Å²) in [5, 5.41) is 6.97. The first kappa shape index (κ1) is 20.5. The predicted molar refractivity (Wildman–Crippen MR) is 123 cm³/mol. The molecule has 0 aliphatic heterocycles. The summed E-state index contributed by atoms with van der Waals surface area (Å²) in [5.41, 5.74) is 5.20. The molecule has 5 nitrogen and oxygen atoms in total. The number of carbonyl (C=O) groups is 1. The third kappa shape index (κ3) is 5.25. The summed E-state index contributed by atoms with van der Waals surface area (Å²) in [7, 11) is 0. The lowest BCUT2D eigenvalue weighted by Crippen LogP contribution is -2.12. The molecule has 4 rings (SSSR count).